The van der Waals surface area contributed by atoms with Crippen LogP contribution in [0.3, 0.4) is 0 Å². The Kier molecular flexibility index (Phi) is 6.08. The Balaban J connectivity index is 1.38. The van der Waals surface area contributed by atoms with E-state index in [1.54, 1.807) is 0 Å². The maximum atomic E-state index is 12.9. The minimum Gasteiger partial charge on any atom is -0.353 e. The zero-order valence-corrected chi connectivity index (χ0v) is 19.7. The number of piperazine rings is 1. The fraction of sp³-hybridized carbons (Fsp3) is 0.346. The van der Waals surface area contributed by atoms with Crippen LogP contribution in [0.5, 0.6) is 0 Å². The second-order valence-electron chi connectivity index (χ2n) is 9.14. The quantitative estimate of drug-likeness (QED) is 0.386. The summed E-state index contributed by atoms with van der Waals surface area (Å²) in [4.78, 5) is 8.25. The van der Waals surface area contributed by atoms with E-state index >= 15 is 0 Å². The highest BCUT2D eigenvalue weighted by atomic mass is 19.4. The van der Waals surface area contributed by atoms with Gasteiger partial charge in [0.15, 0.2) is 5.82 Å². The molecule has 9 heteroatoms. The highest BCUT2D eigenvalue weighted by Gasteiger charge is 2.31. The van der Waals surface area contributed by atoms with Crippen molar-refractivity contribution in [3.8, 4) is 0 Å². The average molecular weight is 481 g/mol. The molecule has 0 aliphatic carbocycles. The lowest BCUT2D eigenvalue weighted by atomic mass is 10.1. The predicted octanol–water partition coefficient (Wildman–Crippen LogP) is 5.34. The Bertz CT molecular complexity index is 1290. The fourth-order valence-electron chi connectivity index (χ4n) is 4.44. The molecule has 0 unspecified atom stereocenters. The number of halogens is 3. The molecule has 0 radical (unpaired) electrons. The molecule has 0 N–H and O–H groups in total. The van der Waals surface area contributed by atoms with Crippen molar-refractivity contribution >= 4 is 22.4 Å². The van der Waals surface area contributed by atoms with Gasteiger partial charge in [-0.3, -0.25) is 0 Å². The Morgan fingerprint density at radius 1 is 0.857 bits per heavy atom. The molecular weight excluding hydrogens is 453 g/mol. The predicted molar refractivity (Wildman–Crippen MR) is 131 cm³/mol. The molecule has 1 aromatic carbocycles. The van der Waals surface area contributed by atoms with Gasteiger partial charge in [-0.2, -0.15) is 18.3 Å². The van der Waals surface area contributed by atoms with Gasteiger partial charge in [-0.15, -0.1) is 5.10 Å². The maximum absolute atomic E-state index is 12.9. The molecule has 182 valence electrons. The highest BCUT2D eigenvalue weighted by molar-refractivity contribution is 5.93. The molecule has 4 aromatic rings. The van der Waals surface area contributed by atoms with Crippen LogP contribution in [0.25, 0.3) is 10.8 Å². The lowest BCUT2D eigenvalue weighted by molar-refractivity contribution is -0.137. The minimum absolute atomic E-state index is 0.308. The molecule has 0 bridgehead atoms. The number of hydrogen-bond acceptors (Lipinski definition) is 5. The summed E-state index contributed by atoms with van der Waals surface area (Å²) in [7, 11) is 0. The van der Waals surface area contributed by atoms with Crippen LogP contribution in [0.4, 0.5) is 24.8 Å². The standard InChI is InChI=1S/C26H27F3N6/c1-18(2)35-16-21-22(17-35)25(32-31-23(21)14-19-6-4-3-5-7-19)34-12-10-33(11-13-34)24-9-8-20(15-30-24)26(27,28)29/h3-9,15-18H,10-14H2,1-2H3. The van der Waals surface area contributed by atoms with Gasteiger partial charge in [0.2, 0.25) is 0 Å². The highest BCUT2D eigenvalue weighted by Crippen LogP contribution is 2.32. The molecule has 1 aliphatic rings. The number of fused-ring (bicyclic) bond motifs is 1. The van der Waals surface area contributed by atoms with Gasteiger partial charge >= 0.3 is 6.18 Å². The molecule has 35 heavy (non-hydrogen) atoms. The first-order chi connectivity index (χ1) is 16.8. The monoisotopic (exact) mass is 480 g/mol. The summed E-state index contributed by atoms with van der Waals surface area (Å²) in [5.74, 6) is 1.40. The number of alkyl halides is 3. The van der Waals surface area contributed by atoms with E-state index in [2.05, 4.69) is 63.0 Å². The van der Waals surface area contributed by atoms with Gasteiger partial charge in [0, 0.05) is 68.0 Å². The van der Waals surface area contributed by atoms with E-state index in [1.807, 2.05) is 23.1 Å². The van der Waals surface area contributed by atoms with Gasteiger partial charge in [-0.1, -0.05) is 30.3 Å². The van der Waals surface area contributed by atoms with E-state index in [-0.39, 0.29) is 0 Å². The van der Waals surface area contributed by atoms with Gasteiger partial charge in [0.05, 0.1) is 11.3 Å². The lowest BCUT2D eigenvalue weighted by Crippen LogP contribution is -2.47. The van der Waals surface area contributed by atoms with E-state index < -0.39 is 11.7 Å². The van der Waals surface area contributed by atoms with Crippen LogP contribution in [0.2, 0.25) is 0 Å². The van der Waals surface area contributed by atoms with Gasteiger partial charge in [0.25, 0.3) is 0 Å². The first-order valence-corrected chi connectivity index (χ1v) is 11.7. The molecular formula is C26H27F3N6. The molecule has 0 atom stereocenters. The van der Waals surface area contributed by atoms with E-state index in [9.17, 15) is 13.2 Å². The Hall–Kier alpha value is -3.62. The largest absolute Gasteiger partial charge is 0.417 e. The van der Waals surface area contributed by atoms with Crippen LogP contribution in [-0.4, -0.2) is 45.9 Å². The van der Waals surface area contributed by atoms with Crippen LogP contribution in [0.1, 0.15) is 36.7 Å². The second kappa shape index (κ2) is 9.20. The summed E-state index contributed by atoms with van der Waals surface area (Å²) in [6.07, 6.45) is 1.52. The van der Waals surface area contributed by atoms with E-state index in [0.717, 1.165) is 34.5 Å². The van der Waals surface area contributed by atoms with Crippen molar-refractivity contribution in [2.24, 2.45) is 0 Å². The normalized spacial score (nSPS) is 14.8. The van der Waals surface area contributed by atoms with E-state index in [1.165, 1.54) is 11.6 Å². The van der Waals surface area contributed by atoms with Gasteiger partial charge in [0.1, 0.15) is 5.82 Å². The number of benzene rings is 1. The summed E-state index contributed by atoms with van der Waals surface area (Å²) in [5, 5.41) is 11.4. The average Bonchev–Trinajstić information content (AvgIpc) is 3.31. The molecule has 0 saturated carbocycles. The van der Waals surface area contributed by atoms with Gasteiger partial charge in [-0.25, -0.2) is 4.98 Å². The first-order valence-electron chi connectivity index (χ1n) is 11.7. The molecule has 3 aromatic heterocycles. The SMILES string of the molecule is CC(C)n1cc2c(Cc3ccccc3)nnc(N3CCN(c4ccc(C(F)(F)F)cn4)CC3)c2c1. The maximum Gasteiger partial charge on any atom is 0.417 e. The number of rotatable bonds is 5. The Labute approximate surface area is 202 Å². The third kappa shape index (κ3) is 4.80. The van der Waals surface area contributed by atoms with Crippen molar-refractivity contribution < 1.29 is 13.2 Å². The molecule has 4 heterocycles. The zero-order chi connectivity index (χ0) is 24.6. The Morgan fingerprint density at radius 2 is 1.54 bits per heavy atom. The molecule has 6 nitrogen and oxygen atoms in total. The van der Waals surface area contributed by atoms with Crippen molar-refractivity contribution in [3.05, 3.63) is 77.9 Å². The van der Waals surface area contributed by atoms with Crippen LogP contribution in [0, 0.1) is 0 Å². The summed E-state index contributed by atoms with van der Waals surface area (Å²) < 4.78 is 40.8. The van der Waals surface area contributed by atoms with E-state index in [4.69, 9.17) is 0 Å². The number of hydrogen-bond donors (Lipinski definition) is 0. The van der Waals surface area contributed by atoms with Crippen LogP contribution in [-0.2, 0) is 12.6 Å². The van der Waals surface area contributed by atoms with Crippen LogP contribution >= 0.6 is 0 Å². The molecule has 0 spiro atoms. The third-order valence-corrected chi connectivity index (χ3v) is 6.45. The fourth-order valence-corrected chi connectivity index (χ4v) is 4.44. The van der Waals surface area contributed by atoms with Crippen molar-refractivity contribution in [3.63, 3.8) is 0 Å². The lowest BCUT2D eigenvalue weighted by Gasteiger charge is -2.36. The summed E-state index contributed by atoms with van der Waals surface area (Å²) in [5.41, 5.74) is 1.40. The topological polar surface area (TPSA) is 50.1 Å². The van der Waals surface area contributed by atoms with Crippen LogP contribution < -0.4 is 9.80 Å². The van der Waals surface area contributed by atoms with E-state index in [0.29, 0.717) is 44.5 Å². The molecule has 0 amide bonds. The molecule has 1 saturated heterocycles. The van der Waals surface area contributed by atoms with Crippen LogP contribution in [0.15, 0.2) is 61.1 Å². The zero-order valence-electron chi connectivity index (χ0n) is 19.7. The molecule has 1 fully saturated rings. The molecule has 1 aliphatic heterocycles. The molecule has 5 rings (SSSR count). The summed E-state index contributed by atoms with van der Waals surface area (Å²) in [6.45, 7) is 6.92. The van der Waals surface area contributed by atoms with Crippen molar-refractivity contribution in [2.45, 2.75) is 32.5 Å². The van der Waals surface area contributed by atoms with Crippen molar-refractivity contribution in [1.29, 1.82) is 0 Å². The summed E-state index contributed by atoms with van der Waals surface area (Å²) >= 11 is 0. The number of pyridine rings is 1. The van der Waals surface area contributed by atoms with Crippen molar-refractivity contribution in [2.75, 3.05) is 36.0 Å². The minimum atomic E-state index is -4.38. The third-order valence-electron chi connectivity index (χ3n) is 6.45. The second-order valence-corrected chi connectivity index (χ2v) is 9.14. The summed E-state index contributed by atoms with van der Waals surface area (Å²) in [6, 6.07) is 13.1. The number of anilines is 2. The number of nitrogens with zero attached hydrogens (tertiary/aromatic N) is 6. The first kappa shape index (κ1) is 23.1. The van der Waals surface area contributed by atoms with Gasteiger partial charge in [-0.05, 0) is 31.5 Å². The van der Waals surface area contributed by atoms with Crippen molar-refractivity contribution in [1.82, 2.24) is 19.7 Å². The number of aromatic nitrogens is 4. The van der Waals surface area contributed by atoms with Gasteiger partial charge < -0.3 is 14.4 Å². The Morgan fingerprint density at radius 3 is 2.17 bits per heavy atom. The smallest absolute Gasteiger partial charge is 0.353 e.